The Bertz CT molecular complexity index is 417. The normalized spacial score (nSPS) is 10.5. The van der Waals surface area contributed by atoms with Gasteiger partial charge in [-0.1, -0.05) is 15.9 Å². The first-order chi connectivity index (χ1) is 9.10. The van der Waals surface area contributed by atoms with Crippen molar-refractivity contribution in [3.63, 3.8) is 0 Å². The number of amides is 1. The Labute approximate surface area is 121 Å². The van der Waals surface area contributed by atoms with Gasteiger partial charge in [0.25, 0.3) is 5.91 Å². The largest absolute Gasteiger partial charge is 0.507 e. The van der Waals surface area contributed by atoms with E-state index in [-0.39, 0.29) is 17.2 Å². The third-order valence-corrected chi connectivity index (χ3v) is 3.10. The van der Waals surface area contributed by atoms with E-state index in [1.807, 2.05) is 0 Å². The van der Waals surface area contributed by atoms with Crippen LogP contribution in [0, 0.1) is 0 Å². The lowest BCUT2D eigenvalue weighted by Gasteiger charge is -2.22. The lowest BCUT2D eigenvalue weighted by molar-refractivity contribution is 0.0624. The molecular weight excluding hydrogens is 314 g/mol. The van der Waals surface area contributed by atoms with E-state index in [0.29, 0.717) is 26.3 Å². The third kappa shape index (κ3) is 4.81. The summed E-state index contributed by atoms with van der Waals surface area (Å²) in [5, 5.41) is 9.77. The van der Waals surface area contributed by atoms with Crippen molar-refractivity contribution in [2.24, 2.45) is 0 Å². The molecule has 1 amide bonds. The third-order valence-electron chi connectivity index (χ3n) is 2.61. The molecule has 5 nitrogen and oxygen atoms in total. The second-order valence-electron chi connectivity index (χ2n) is 3.94. The Morgan fingerprint density at radius 2 is 1.84 bits per heavy atom. The molecule has 106 valence electrons. The molecule has 1 aromatic rings. The lowest BCUT2D eigenvalue weighted by Crippen LogP contribution is -2.36. The van der Waals surface area contributed by atoms with Gasteiger partial charge in [-0.05, 0) is 18.2 Å². The Hall–Kier alpha value is -1.11. The van der Waals surface area contributed by atoms with E-state index in [0.717, 1.165) is 4.47 Å². The van der Waals surface area contributed by atoms with E-state index in [1.54, 1.807) is 31.3 Å². The minimum atomic E-state index is -0.243. The predicted octanol–water partition coefficient (Wildman–Crippen LogP) is 1.89. The topological polar surface area (TPSA) is 59.0 Å². The van der Waals surface area contributed by atoms with Crippen LogP contribution in [0.15, 0.2) is 22.7 Å². The van der Waals surface area contributed by atoms with Crippen molar-refractivity contribution < 1.29 is 19.4 Å². The number of ether oxygens (including phenoxy) is 2. The molecule has 0 aliphatic carbocycles. The van der Waals surface area contributed by atoms with Crippen molar-refractivity contribution in [1.82, 2.24) is 4.90 Å². The summed E-state index contributed by atoms with van der Waals surface area (Å²) in [5.74, 6) is -0.277. The number of hydrogen-bond acceptors (Lipinski definition) is 4. The molecule has 0 aliphatic rings. The van der Waals surface area contributed by atoms with Gasteiger partial charge in [0.15, 0.2) is 0 Å². The summed E-state index contributed by atoms with van der Waals surface area (Å²) in [5.41, 5.74) is 0.265. The molecular formula is C13H18BrNO4. The molecule has 19 heavy (non-hydrogen) atoms. The first-order valence-electron chi connectivity index (χ1n) is 5.85. The second kappa shape index (κ2) is 8.14. The summed E-state index contributed by atoms with van der Waals surface area (Å²) in [7, 11) is 3.16. The first-order valence-corrected chi connectivity index (χ1v) is 6.65. The molecule has 0 heterocycles. The average Bonchev–Trinajstić information content (AvgIpc) is 2.41. The quantitative estimate of drug-likeness (QED) is 0.828. The molecule has 0 radical (unpaired) electrons. The molecule has 0 spiro atoms. The van der Waals surface area contributed by atoms with E-state index in [4.69, 9.17) is 9.47 Å². The van der Waals surface area contributed by atoms with E-state index in [2.05, 4.69) is 15.9 Å². The van der Waals surface area contributed by atoms with Gasteiger partial charge in [-0.3, -0.25) is 4.79 Å². The van der Waals surface area contributed by atoms with Crippen LogP contribution in [-0.2, 0) is 9.47 Å². The van der Waals surface area contributed by atoms with E-state index >= 15 is 0 Å². The van der Waals surface area contributed by atoms with Crippen LogP contribution < -0.4 is 0 Å². The highest BCUT2D eigenvalue weighted by atomic mass is 79.9. The maximum atomic E-state index is 12.4. The molecule has 0 bridgehead atoms. The monoisotopic (exact) mass is 331 g/mol. The second-order valence-corrected chi connectivity index (χ2v) is 4.85. The lowest BCUT2D eigenvalue weighted by atomic mass is 10.1. The maximum absolute atomic E-state index is 12.4. The van der Waals surface area contributed by atoms with Crippen LogP contribution in [0.2, 0.25) is 0 Å². The Kier molecular flexibility index (Phi) is 6.83. The van der Waals surface area contributed by atoms with Gasteiger partial charge in [-0.2, -0.15) is 0 Å². The van der Waals surface area contributed by atoms with Crippen LogP contribution in [0.25, 0.3) is 0 Å². The predicted molar refractivity (Wildman–Crippen MR) is 75.5 cm³/mol. The standard InChI is InChI=1S/C13H18BrNO4/c1-18-7-5-15(6-8-19-2)13(17)11-9-10(14)3-4-12(11)16/h3-4,9,16H,5-8H2,1-2H3. The van der Waals surface area contributed by atoms with E-state index < -0.39 is 0 Å². The number of rotatable bonds is 7. The molecule has 6 heteroatoms. The summed E-state index contributed by atoms with van der Waals surface area (Å²) in [6, 6.07) is 4.77. The summed E-state index contributed by atoms with van der Waals surface area (Å²) in [6.45, 7) is 1.77. The smallest absolute Gasteiger partial charge is 0.257 e. The van der Waals surface area contributed by atoms with Gasteiger partial charge in [-0.15, -0.1) is 0 Å². The van der Waals surface area contributed by atoms with Crippen molar-refractivity contribution in [2.75, 3.05) is 40.5 Å². The number of hydrogen-bond donors (Lipinski definition) is 1. The van der Waals surface area contributed by atoms with Crippen molar-refractivity contribution >= 4 is 21.8 Å². The Balaban J connectivity index is 2.87. The van der Waals surface area contributed by atoms with Gasteiger partial charge < -0.3 is 19.5 Å². The fourth-order valence-electron chi connectivity index (χ4n) is 1.57. The fourth-order valence-corrected chi connectivity index (χ4v) is 1.93. The highest BCUT2D eigenvalue weighted by Crippen LogP contribution is 2.23. The van der Waals surface area contributed by atoms with Crippen LogP contribution in [-0.4, -0.2) is 56.4 Å². The molecule has 0 saturated heterocycles. The summed E-state index contributed by atoms with van der Waals surface area (Å²) >= 11 is 3.29. The zero-order chi connectivity index (χ0) is 14.3. The number of phenolic OH excluding ortho intramolecular Hbond substituents is 1. The van der Waals surface area contributed by atoms with E-state index in [1.165, 1.54) is 6.07 Å². The number of benzene rings is 1. The van der Waals surface area contributed by atoms with Gasteiger partial charge in [0.05, 0.1) is 18.8 Å². The molecule has 0 atom stereocenters. The van der Waals surface area contributed by atoms with Gasteiger partial charge in [0.1, 0.15) is 5.75 Å². The molecule has 1 rings (SSSR count). The number of phenols is 1. The van der Waals surface area contributed by atoms with Gasteiger partial charge >= 0.3 is 0 Å². The number of aromatic hydroxyl groups is 1. The summed E-state index contributed by atoms with van der Waals surface area (Å²) in [4.78, 5) is 14.0. The van der Waals surface area contributed by atoms with E-state index in [9.17, 15) is 9.90 Å². The first kappa shape index (κ1) is 15.9. The molecule has 1 aromatic carbocycles. The average molecular weight is 332 g/mol. The highest BCUT2D eigenvalue weighted by Gasteiger charge is 2.18. The highest BCUT2D eigenvalue weighted by molar-refractivity contribution is 9.10. The van der Waals surface area contributed by atoms with Crippen LogP contribution in [0.3, 0.4) is 0 Å². The molecule has 0 fully saturated rings. The van der Waals surface area contributed by atoms with Crippen LogP contribution in [0.4, 0.5) is 0 Å². The zero-order valence-electron chi connectivity index (χ0n) is 11.1. The minimum absolute atomic E-state index is 0.0342. The molecule has 0 aromatic heterocycles. The van der Waals surface area contributed by atoms with Gasteiger partial charge in [0, 0.05) is 31.8 Å². The van der Waals surface area contributed by atoms with Crippen molar-refractivity contribution in [3.8, 4) is 5.75 Å². The molecule has 0 saturated carbocycles. The van der Waals surface area contributed by atoms with Crippen LogP contribution in [0.1, 0.15) is 10.4 Å². The zero-order valence-corrected chi connectivity index (χ0v) is 12.6. The van der Waals surface area contributed by atoms with Crippen LogP contribution in [0.5, 0.6) is 5.75 Å². The van der Waals surface area contributed by atoms with Crippen molar-refractivity contribution in [1.29, 1.82) is 0 Å². The van der Waals surface area contributed by atoms with Crippen molar-refractivity contribution in [3.05, 3.63) is 28.2 Å². The fraction of sp³-hybridized carbons (Fsp3) is 0.462. The number of halogens is 1. The number of carbonyl (C=O) groups is 1. The SMILES string of the molecule is COCCN(CCOC)C(=O)c1cc(Br)ccc1O. The molecule has 1 N–H and O–H groups in total. The Morgan fingerprint density at radius 1 is 1.26 bits per heavy atom. The summed E-state index contributed by atoms with van der Waals surface area (Å²) in [6.07, 6.45) is 0. The molecule has 0 aliphatic heterocycles. The number of nitrogens with zero attached hydrogens (tertiary/aromatic N) is 1. The van der Waals surface area contributed by atoms with Crippen LogP contribution >= 0.6 is 15.9 Å². The van der Waals surface area contributed by atoms with Gasteiger partial charge in [-0.25, -0.2) is 0 Å². The Morgan fingerprint density at radius 3 is 2.37 bits per heavy atom. The number of carbonyl (C=O) groups excluding carboxylic acids is 1. The minimum Gasteiger partial charge on any atom is -0.507 e. The maximum Gasteiger partial charge on any atom is 0.257 e. The van der Waals surface area contributed by atoms with Gasteiger partial charge in [0.2, 0.25) is 0 Å². The number of methoxy groups -OCH3 is 2. The van der Waals surface area contributed by atoms with Crippen molar-refractivity contribution in [2.45, 2.75) is 0 Å². The molecule has 0 unspecified atom stereocenters. The summed E-state index contributed by atoms with van der Waals surface area (Å²) < 4.78 is 10.7.